The molecule has 1 aromatic heterocycles. The summed E-state index contributed by atoms with van der Waals surface area (Å²) in [5.74, 6) is -0.924. The number of ketones is 1. The van der Waals surface area contributed by atoms with Crippen molar-refractivity contribution >= 4 is 17.4 Å². The molecule has 1 N–H and O–H groups in total. The first-order chi connectivity index (χ1) is 15.4. The molecule has 32 heavy (non-hydrogen) atoms. The molecule has 0 bridgehead atoms. The number of aromatic nitrogens is 1. The molecular weight excluding hydrogens is 404 g/mol. The quantitative estimate of drug-likeness (QED) is 0.372. The second kappa shape index (κ2) is 8.67. The van der Waals surface area contributed by atoms with Gasteiger partial charge in [0.1, 0.15) is 11.5 Å². The number of nitrogens with zero attached hydrogens (tertiary/aromatic N) is 2. The minimum Gasteiger partial charge on any atom is -0.507 e. The summed E-state index contributed by atoms with van der Waals surface area (Å²) in [4.78, 5) is 31.8. The van der Waals surface area contributed by atoms with Gasteiger partial charge in [-0.1, -0.05) is 23.8 Å². The highest BCUT2D eigenvalue weighted by atomic mass is 16.5. The fourth-order valence-corrected chi connectivity index (χ4v) is 3.99. The number of rotatable bonds is 5. The second-order valence-corrected chi connectivity index (χ2v) is 7.87. The van der Waals surface area contributed by atoms with Crippen molar-refractivity contribution in [3.63, 3.8) is 0 Å². The van der Waals surface area contributed by atoms with Gasteiger partial charge in [-0.2, -0.15) is 0 Å². The van der Waals surface area contributed by atoms with Crippen molar-refractivity contribution in [1.29, 1.82) is 0 Å². The molecule has 1 unspecified atom stereocenters. The third kappa shape index (κ3) is 3.87. The van der Waals surface area contributed by atoms with Crippen molar-refractivity contribution in [2.75, 3.05) is 7.11 Å². The Kier molecular flexibility index (Phi) is 5.77. The van der Waals surface area contributed by atoms with Gasteiger partial charge in [0.15, 0.2) is 0 Å². The minimum atomic E-state index is -0.722. The lowest BCUT2D eigenvalue weighted by Gasteiger charge is -2.26. The molecule has 2 aromatic carbocycles. The summed E-state index contributed by atoms with van der Waals surface area (Å²) in [6.45, 7) is 4.22. The number of aliphatic hydroxyl groups is 1. The largest absolute Gasteiger partial charge is 0.507 e. The lowest BCUT2D eigenvalue weighted by molar-refractivity contribution is -0.140. The molecule has 6 nitrogen and oxygen atoms in total. The molecule has 1 aliphatic heterocycles. The van der Waals surface area contributed by atoms with E-state index in [9.17, 15) is 14.7 Å². The third-order valence-electron chi connectivity index (χ3n) is 5.77. The van der Waals surface area contributed by atoms with E-state index in [1.54, 1.807) is 55.9 Å². The highest BCUT2D eigenvalue weighted by Gasteiger charge is 2.46. The molecule has 0 saturated carbocycles. The molecule has 1 amide bonds. The summed E-state index contributed by atoms with van der Waals surface area (Å²) in [7, 11) is 1.55. The van der Waals surface area contributed by atoms with Crippen molar-refractivity contribution < 1.29 is 19.4 Å². The number of benzene rings is 2. The van der Waals surface area contributed by atoms with E-state index in [4.69, 9.17) is 4.74 Å². The number of hydrogen-bond donors (Lipinski definition) is 1. The van der Waals surface area contributed by atoms with E-state index in [1.807, 2.05) is 32.0 Å². The second-order valence-electron chi connectivity index (χ2n) is 7.87. The highest BCUT2D eigenvalue weighted by Crippen LogP contribution is 2.40. The Morgan fingerprint density at radius 1 is 1.03 bits per heavy atom. The average Bonchev–Trinajstić information content (AvgIpc) is 3.06. The van der Waals surface area contributed by atoms with E-state index in [2.05, 4.69) is 4.98 Å². The molecule has 1 aliphatic rings. The summed E-state index contributed by atoms with van der Waals surface area (Å²) in [5, 5.41) is 11.1. The molecule has 162 valence electrons. The smallest absolute Gasteiger partial charge is 0.295 e. The van der Waals surface area contributed by atoms with Crippen LogP contribution in [0.1, 0.15) is 33.9 Å². The number of hydrogen-bond acceptors (Lipinski definition) is 5. The zero-order chi connectivity index (χ0) is 22.8. The fourth-order valence-electron chi connectivity index (χ4n) is 3.99. The van der Waals surface area contributed by atoms with Crippen LogP contribution in [0.15, 0.2) is 72.6 Å². The van der Waals surface area contributed by atoms with E-state index in [0.29, 0.717) is 16.9 Å². The zero-order valence-corrected chi connectivity index (χ0v) is 18.2. The molecule has 0 spiro atoms. The van der Waals surface area contributed by atoms with Crippen molar-refractivity contribution in [2.24, 2.45) is 0 Å². The van der Waals surface area contributed by atoms with E-state index in [-0.39, 0.29) is 17.9 Å². The molecule has 1 fully saturated rings. The molecular formula is C26H24N2O4. The van der Waals surface area contributed by atoms with Gasteiger partial charge in [-0.25, -0.2) is 0 Å². The van der Waals surface area contributed by atoms with Crippen molar-refractivity contribution in [1.82, 2.24) is 9.88 Å². The van der Waals surface area contributed by atoms with Crippen LogP contribution in [-0.2, 0) is 16.1 Å². The maximum absolute atomic E-state index is 13.1. The number of aryl methyl sites for hydroxylation is 2. The van der Waals surface area contributed by atoms with Gasteiger partial charge in [-0.05, 0) is 66.9 Å². The van der Waals surface area contributed by atoms with Gasteiger partial charge < -0.3 is 14.7 Å². The summed E-state index contributed by atoms with van der Waals surface area (Å²) < 4.78 is 5.17. The molecule has 1 saturated heterocycles. The Hall–Kier alpha value is -3.93. The molecule has 0 radical (unpaired) electrons. The van der Waals surface area contributed by atoms with Crippen LogP contribution >= 0.6 is 0 Å². The van der Waals surface area contributed by atoms with E-state index >= 15 is 0 Å². The van der Waals surface area contributed by atoms with Gasteiger partial charge in [0.05, 0.1) is 18.7 Å². The average molecular weight is 428 g/mol. The van der Waals surface area contributed by atoms with Gasteiger partial charge in [-0.3, -0.25) is 14.6 Å². The van der Waals surface area contributed by atoms with Crippen LogP contribution in [0.2, 0.25) is 0 Å². The van der Waals surface area contributed by atoms with E-state index in [0.717, 1.165) is 16.7 Å². The van der Waals surface area contributed by atoms with Crippen LogP contribution in [0.25, 0.3) is 5.76 Å². The van der Waals surface area contributed by atoms with Gasteiger partial charge >= 0.3 is 0 Å². The van der Waals surface area contributed by atoms with Crippen LogP contribution in [0, 0.1) is 13.8 Å². The van der Waals surface area contributed by atoms with Crippen LogP contribution in [-0.4, -0.2) is 33.8 Å². The van der Waals surface area contributed by atoms with Crippen LogP contribution in [0.5, 0.6) is 5.75 Å². The topological polar surface area (TPSA) is 79.7 Å². The van der Waals surface area contributed by atoms with Gasteiger partial charge in [-0.15, -0.1) is 0 Å². The maximum Gasteiger partial charge on any atom is 0.295 e. The van der Waals surface area contributed by atoms with Crippen molar-refractivity contribution in [3.05, 3.63) is 100 Å². The number of pyridine rings is 1. The van der Waals surface area contributed by atoms with E-state index < -0.39 is 17.7 Å². The Morgan fingerprint density at radius 2 is 1.72 bits per heavy atom. The predicted molar refractivity (Wildman–Crippen MR) is 121 cm³/mol. The van der Waals surface area contributed by atoms with Gasteiger partial charge in [0, 0.05) is 24.5 Å². The minimum absolute atomic E-state index is 0.0664. The van der Waals surface area contributed by atoms with Gasteiger partial charge in [0.2, 0.25) is 0 Å². The molecule has 1 atom stereocenters. The first-order valence-corrected chi connectivity index (χ1v) is 10.3. The number of likely N-dealkylation sites (tertiary alicyclic amines) is 1. The number of aliphatic hydroxyl groups excluding tert-OH is 1. The fraction of sp³-hybridized carbons (Fsp3) is 0.192. The van der Waals surface area contributed by atoms with Crippen LogP contribution < -0.4 is 4.74 Å². The number of methoxy groups -OCH3 is 1. The summed E-state index contributed by atoms with van der Waals surface area (Å²) in [6.07, 6.45) is 3.22. The third-order valence-corrected chi connectivity index (χ3v) is 5.77. The van der Waals surface area contributed by atoms with Crippen LogP contribution in [0.4, 0.5) is 0 Å². The standard InChI is InChI=1S/C26H24N2O4/c1-16-4-5-17(2)20(14-16)15-28-23(18-10-12-27-13-11-18)22(25(30)26(28)31)24(29)19-6-8-21(32-3)9-7-19/h4-14,23,29H,15H2,1-3H3/b24-22+. The molecule has 3 aromatic rings. The Balaban J connectivity index is 1.84. The summed E-state index contributed by atoms with van der Waals surface area (Å²) in [5.41, 5.74) is 4.27. The van der Waals surface area contributed by atoms with Gasteiger partial charge in [0.25, 0.3) is 11.7 Å². The lowest BCUT2D eigenvalue weighted by Crippen LogP contribution is -2.29. The predicted octanol–water partition coefficient (Wildman–Crippen LogP) is 4.33. The molecule has 4 rings (SSSR count). The maximum atomic E-state index is 13.1. The normalized spacial score (nSPS) is 17.6. The first kappa shape index (κ1) is 21.3. The number of Topliss-reactive ketones (excluding diaryl/α,β-unsaturated/α-hetero) is 1. The number of carbonyl (C=O) groups is 2. The van der Waals surface area contributed by atoms with E-state index in [1.165, 1.54) is 4.90 Å². The zero-order valence-electron chi connectivity index (χ0n) is 18.2. The summed E-state index contributed by atoms with van der Waals surface area (Å²) in [6, 6.07) is 15.5. The molecule has 6 heteroatoms. The van der Waals surface area contributed by atoms with Crippen molar-refractivity contribution in [2.45, 2.75) is 26.4 Å². The SMILES string of the molecule is COc1ccc(/C(O)=C2\C(=O)C(=O)N(Cc3cc(C)ccc3C)C2c2ccncc2)cc1. The highest BCUT2D eigenvalue weighted by molar-refractivity contribution is 6.46. The number of carbonyl (C=O) groups excluding carboxylic acids is 2. The summed E-state index contributed by atoms with van der Waals surface area (Å²) >= 11 is 0. The van der Waals surface area contributed by atoms with Crippen LogP contribution in [0.3, 0.4) is 0 Å². The Labute approximate surface area is 186 Å². The molecule has 0 aliphatic carbocycles. The number of ether oxygens (including phenoxy) is 1. The monoisotopic (exact) mass is 428 g/mol. The lowest BCUT2D eigenvalue weighted by atomic mass is 9.95. The first-order valence-electron chi connectivity index (χ1n) is 10.3. The Morgan fingerprint density at radius 3 is 2.38 bits per heavy atom. The number of amides is 1. The Bertz CT molecular complexity index is 1200. The molecule has 2 heterocycles. The van der Waals surface area contributed by atoms with Crippen molar-refractivity contribution in [3.8, 4) is 5.75 Å².